The van der Waals surface area contributed by atoms with Crippen molar-refractivity contribution < 1.29 is 4.74 Å². The zero-order chi connectivity index (χ0) is 9.80. The maximum Gasteiger partial charge on any atom is 0.135 e. The van der Waals surface area contributed by atoms with E-state index in [1.165, 1.54) is 0 Å². The SMILES string of the molecule is NCCNc1ncnc2c1COCC2. The van der Waals surface area contributed by atoms with Gasteiger partial charge in [-0.05, 0) is 0 Å². The highest BCUT2D eigenvalue weighted by atomic mass is 16.5. The number of rotatable bonds is 3. The molecule has 0 atom stereocenters. The summed E-state index contributed by atoms with van der Waals surface area (Å²) in [7, 11) is 0. The van der Waals surface area contributed by atoms with E-state index in [4.69, 9.17) is 10.5 Å². The second-order valence-corrected chi connectivity index (χ2v) is 3.17. The average molecular weight is 194 g/mol. The summed E-state index contributed by atoms with van der Waals surface area (Å²) >= 11 is 0. The van der Waals surface area contributed by atoms with Crippen molar-refractivity contribution in [2.24, 2.45) is 5.73 Å². The standard InChI is InChI=1S/C9H14N4O/c10-2-3-11-9-7-5-14-4-1-8(7)12-6-13-9/h6H,1-5,10H2,(H,11,12,13). The van der Waals surface area contributed by atoms with E-state index in [0.29, 0.717) is 13.2 Å². The Bertz CT molecular complexity index is 316. The summed E-state index contributed by atoms with van der Waals surface area (Å²) in [5.41, 5.74) is 7.58. The number of aromatic nitrogens is 2. The summed E-state index contributed by atoms with van der Waals surface area (Å²) in [6.07, 6.45) is 2.46. The Morgan fingerprint density at radius 3 is 3.29 bits per heavy atom. The lowest BCUT2D eigenvalue weighted by molar-refractivity contribution is 0.109. The second-order valence-electron chi connectivity index (χ2n) is 3.17. The highest BCUT2D eigenvalue weighted by molar-refractivity contribution is 5.46. The predicted octanol–water partition coefficient (Wildman–Crippen LogP) is -0.0801. The molecule has 0 unspecified atom stereocenters. The molecule has 3 N–H and O–H groups in total. The molecule has 0 aromatic carbocycles. The van der Waals surface area contributed by atoms with Gasteiger partial charge in [-0.3, -0.25) is 0 Å². The number of fused-ring (bicyclic) bond motifs is 1. The number of anilines is 1. The minimum absolute atomic E-state index is 0.597. The molecule has 1 aromatic rings. The van der Waals surface area contributed by atoms with Crippen LogP contribution in [0.4, 0.5) is 5.82 Å². The van der Waals surface area contributed by atoms with Gasteiger partial charge >= 0.3 is 0 Å². The Kier molecular flexibility index (Phi) is 2.90. The van der Waals surface area contributed by atoms with E-state index in [0.717, 1.165) is 36.6 Å². The maximum absolute atomic E-state index is 5.42. The summed E-state index contributed by atoms with van der Waals surface area (Å²) in [5.74, 6) is 0.861. The van der Waals surface area contributed by atoms with Crippen LogP contribution < -0.4 is 11.1 Å². The van der Waals surface area contributed by atoms with Crippen LogP contribution in [-0.4, -0.2) is 29.7 Å². The number of nitrogens with two attached hydrogens (primary N) is 1. The first-order valence-electron chi connectivity index (χ1n) is 4.76. The molecule has 2 heterocycles. The van der Waals surface area contributed by atoms with Crippen molar-refractivity contribution in [3.63, 3.8) is 0 Å². The summed E-state index contributed by atoms with van der Waals surface area (Å²) in [5, 5.41) is 3.17. The third kappa shape index (κ3) is 1.83. The third-order valence-corrected chi connectivity index (χ3v) is 2.20. The van der Waals surface area contributed by atoms with Gasteiger partial charge in [-0.15, -0.1) is 0 Å². The molecule has 2 rings (SSSR count). The Hall–Kier alpha value is -1.20. The first-order chi connectivity index (χ1) is 6.92. The molecule has 0 aliphatic carbocycles. The van der Waals surface area contributed by atoms with Crippen molar-refractivity contribution in [1.29, 1.82) is 0 Å². The molecule has 0 fully saturated rings. The van der Waals surface area contributed by atoms with Crippen LogP contribution in [0.2, 0.25) is 0 Å². The predicted molar refractivity (Wildman–Crippen MR) is 52.9 cm³/mol. The summed E-state index contributed by atoms with van der Waals surface area (Å²) in [4.78, 5) is 8.40. The maximum atomic E-state index is 5.42. The van der Waals surface area contributed by atoms with E-state index in [2.05, 4.69) is 15.3 Å². The van der Waals surface area contributed by atoms with Gasteiger partial charge in [0.05, 0.1) is 18.9 Å². The normalized spacial score (nSPS) is 14.9. The largest absolute Gasteiger partial charge is 0.376 e. The lowest BCUT2D eigenvalue weighted by Crippen LogP contribution is -2.19. The van der Waals surface area contributed by atoms with Crippen molar-refractivity contribution >= 4 is 5.82 Å². The molecule has 5 heteroatoms. The molecule has 76 valence electrons. The molecule has 1 aliphatic heterocycles. The Labute approximate surface area is 82.7 Å². The van der Waals surface area contributed by atoms with E-state index in [-0.39, 0.29) is 0 Å². The highest BCUT2D eigenvalue weighted by Crippen LogP contribution is 2.20. The van der Waals surface area contributed by atoms with Gasteiger partial charge in [0, 0.05) is 25.1 Å². The Morgan fingerprint density at radius 2 is 2.43 bits per heavy atom. The van der Waals surface area contributed by atoms with Crippen LogP contribution >= 0.6 is 0 Å². The fourth-order valence-corrected chi connectivity index (χ4v) is 1.50. The first kappa shape index (κ1) is 9.36. The van der Waals surface area contributed by atoms with E-state index < -0.39 is 0 Å². The smallest absolute Gasteiger partial charge is 0.135 e. The molecule has 0 saturated carbocycles. The third-order valence-electron chi connectivity index (χ3n) is 2.20. The molecule has 0 bridgehead atoms. The topological polar surface area (TPSA) is 73.1 Å². The zero-order valence-corrected chi connectivity index (χ0v) is 7.99. The fraction of sp³-hybridized carbons (Fsp3) is 0.556. The molecule has 5 nitrogen and oxygen atoms in total. The van der Waals surface area contributed by atoms with Crippen molar-refractivity contribution in [2.45, 2.75) is 13.0 Å². The summed E-state index contributed by atoms with van der Waals surface area (Å²) in [6.45, 7) is 2.67. The van der Waals surface area contributed by atoms with Gasteiger partial charge < -0.3 is 15.8 Å². The number of hydrogen-bond donors (Lipinski definition) is 2. The van der Waals surface area contributed by atoms with E-state index >= 15 is 0 Å². The molecular formula is C9H14N4O. The Morgan fingerprint density at radius 1 is 1.50 bits per heavy atom. The quantitative estimate of drug-likeness (QED) is 0.704. The monoisotopic (exact) mass is 194 g/mol. The van der Waals surface area contributed by atoms with E-state index in [1.807, 2.05) is 0 Å². The molecule has 0 spiro atoms. The molecule has 0 saturated heterocycles. The van der Waals surface area contributed by atoms with Gasteiger partial charge in [-0.25, -0.2) is 9.97 Å². The van der Waals surface area contributed by atoms with Gasteiger partial charge in [0.2, 0.25) is 0 Å². The van der Waals surface area contributed by atoms with Gasteiger partial charge in [0.15, 0.2) is 0 Å². The second kappa shape index (κ2) is 4.34. The van der Waals surface area contributed by atoms with Crippen LogP contribution in [0.5, 0.6) is 0 Å². The average Bonchev–Trinajstić information content (AvgIpc) is 2.26. The van der Waals surface area contributed by atoms with Crippen molar-refractivity contribution in [3.8, 4) is 0 Å². The van der Waals surface area contributed by atoms with Crippen LogP contribution in [0.15, 0.2) is 6.33 Å². The lowest BCUT2D eigenvalue weighted by Gasteiger charge is -2.18. The lowest BCUT2D eigenvalue weighted by atomic mass is 10.1. The van der Waals surface area contributed by atoms with Crippen LogP contribution in [0, 0.1) is 0 Å². The number of ether oxygens (including phenoxy) is 1. The van der Waals surface area contributed by atoms with Crippen LogP contribution in [-0.2, 0) is 17.8 Å². The molecular weight excluding hydrogens is 180 g/mol. The molecule has 0 amide bonds. The number of nitrogens with zero attached hydrogens (tertiary/aromatic N) is 2. The van der Waals surface area contributed by atoms with Crippen LogP contribution in [0.1, 0.15) is 11.3 Å². The van der Waals surface area contributed by atoms with Gasteiger partial charge in [0.1, 0.15) is 12.1 Å². The summed E-state index contributed by atoms with van der Waals surface area (Å²) in [6, 6.07) is 0. The number of nitrogens with one attached hydrogen (secondary N) is 1. The van der Waals surface area contributed by atoms with Crippen LogP contribution in [0.25, 0.3) is 0 Å². The summed E-state index contributed by atoms with van der Waals surface area (Å²) < 4.78 is 5.37. The van der Waals surface area contributed by atoms with E-state index in [1.54, 1.807) is 6.33 Å². The van der Waals surface area contributed by atoms with Gasteiger partial charge in [-0.1, -0.05) is 0 Å². The van der Waals surface area contributed by atoms with Gasteiger partial charge in [0.25, 0.3) is 0 Å². The van der Waals surface area contributed by atoms with Crippen LogP contribution in [0.3, 0.4) is 0 Å². The minimum Gasteiger partial charge on any atom is -0.376 e. The van der Waals surface area contributed by atoms with Crippen molar-refractivity contribution in [1.82, 2.24) is 9.97 Å². The first-order valence-corrected chi connectivity index (χ1v) is 4.76. The van der Waals surface area contributed by atoms with E-state index in [9.17, 15) is 0 Å². The van der Waals surface area contributed by atoms with Crippen molar-refractivity contribution in [2.75, 3.05) is 25.0 Å². The minimum atomic E-state index is 0.597. The highest BCUT2D eigenvalue weighted by Gasteiger charge is 2.14. The van der Waals surface area contributed by atoms with Gasteiger partial charge in [-0.2, -0.15) is 0 Å². The molecule has 1 aliphatic rings. The zero-order valence-electron chi connectivity index (χ0n) is 7.99. The molecule has 14 heavy (non-hydrogen) atoms. The molecule has 1 aromatic heterocycles. The van der Waals surface area contributed by atoms with Crippen molar-refractivity contribution in [3.05, 3.63) is 17.6 Å². The fourth-order valence-electron chi connectivity index (χ4n) is 1.50. The Balaban J connectivity index is 2.21. The number of hydrogen-bond acceptors (Lipinski definition) is 5. The molecule has 0 radical (unpaired) electrons.